The molecule has 2 atom stereocenters. The molecular weight excluding hydrogens is 363 g/mol. The molecular formula is C24H25FN4. The van der Waals surface area contributed by atoms with E-state index in [2.05, 4.69) is 41.1 Å². The van der Waals surface area contributed by atoms with Gasteiger partial charge in [0.2, 0.25) is 0 Å². The molecule has 2 aromatic heterocycles. The van der Waals surface area contributed by atoms with Gasteiger partial charge in [0.15, 0.2) is 0 Å². The zero-order valence-electron chi connectivity index (χ0n) is 16.8. The second-order valence-corrected chi connectivity index (χ2v) is 8.44. The second kappa shape index (κ2) is 6.92. The summed E-state index contributed by atoms with van der Waals surface area (Å²) >= 11 is 0. The summed E-state index contributed by atoms with van der Waals surface area (Å²) in [4.78, 5) is 6.81. The average Bonchev–Trinajstić information content (AvgIpc) is 3.15. The first-order chi connectivity index (χ1) is 14.1. The van der Waals surface area contributed by atoms with Crippen molar-refractivity contribution in [1.82, 2.24) is 19.7 Å². The fourth-order valence-corrected chi connectivity index (χ4v) is 5.10. The largest absolute Gasteiger partial charge is 0.305 e. The summed E-state index contributed by atoms with van der Waals surface area (Å²) in [7, 11) is 2.21. The smallest absolute Gasteiger partial charge is 0.123 e. The molecule has 1 saturated heterocycles. The summed E-state index contributed by atoms with van der Waals surface area (Å²) in [6, 6.07) is 10.8. The zero-order valence-corrected chi connectivity index (χ0v) is 16.8. The van der Waals surface area contributed by atoms with Gasteiger partial charge in [-0.25, -0.2) is 9.07 Å². The second-order valence-electron chi connectivity index (χ2n) is 8.44. The molecule has 0 saturated carbocycles. The van der Waals surface area contributed by atoms with Crippen molar-refractivity contribution >= 4 is 6.08 Å². The first kappa shape index (κ1) is 18.3. The monoisotopic (exact) mass is 388 g/mol. The maximum atomic E-state index is 13.4. The SMILES string of the molecule is CC(c1cccnc1)C12Cc3cnn(-c4ccc(F)cc4)c3C=C1CCN(C)C2. The van der Waals surface area contributed by atoms with E-state index in [1.165, 1.54) is 28.8 Å². The van der Waals surface area contributed by atoms with Crippen molar-refractivity contribution in [3.8, 4) is 5.69 Å². The average molecular weight is 388 g/mol. The van der Waals surface area contributed by atoms with Crippen LogP contribution >= 0.6 is 0 Å². The van der Waals surface area contributed by atoms with E-state index in [9.17, 15) is 4.39 Å². The quantitative estimate of drug-likeness (QED) is 0.664. The van der Waals surface area contributed by atoms with Crippen LogP contribution in [0.1, 0.15) is 36.1 Å². The molecule has 148 valence electrons. The predicted octanol–water partition coefficient (Wildman–Crippen LogP) is 4.47. The van der Waals surface area contributed by atoms with Crippen LogP contribution in [0.2, 0.25) is 0 Å². The Morgan fingerprint density at radius 3 is 2.72 bits per heavy atom. The van der Waals surface area contributed by atoms with Crippen molar-refractivity contribution in [3.05, 3.63) is 83.2 Å². The fourth-order valence-electron chi connectivity index (χ4n) is 5.10. The van der Waals surface area contributed by atoms with Gasteiger partial charge < -0.3 is 4.90 Å². The number of hydrogen-bond donors (Lipinski definition) is 0. The highest BCUT2D eigenvalue weighted by Crippen LogP contribution is 2.51. The van der Waals surface area contributed by atoms with Crippen molar-refractivity contribution in [3.63, 3.8) is 0 Å². The molecule has 5 heteroatoms. The Labute approximate surface area is 170 Å². The number of hydrogen-bond acceptors (Lipinski definition) is 3. The minimum Gasteiger partial charge on any atom is -0.305 e. The summed E-state index contributed by atoms with van der Waals surface area (Å²) < 4.78 is 15.3. The Bertz CT molecular complexity index is 1050. The maximum absolute atomic E-state index is 13.4. The minimum atomic E-state index is -0.229. The minimum absolute atomic E-state index is 0.0414. The third-order valence-corrected chi connectivity index (χ3v) is 6.74. The third kappa shape index (κ3) is 3.01. The first-order valence-corrected chi connectivity index (χ1v) is 10.2. The van der Waals surface area contributed by atoms with Gasteiger partial charge in [0.1, 0.15) is 5.82 Å². The molecule has 1 aliphatic carbocycles. The van der Waals surface area contributed by atoms with Gasteiger partial charge in [-0.2, -0.15) is 5.10 Å². The summed E-state index contributed by atoms with van der Waals surface area (Å²) in [5, 5.41) is 4.66. The molecule has 0 bridgehead atoms. The van der Waals surface area contributed by atoms with Gasteiger partial charge in [-0.05, 0) is 73.3 Å². The van der Waals surface area contributed by atoms with Crippen molar-refractivity contribution in [2.24, 2.45) is 5.41 Å². The predicted molar refractivity (Wildman–Crippen MR) is 112 cm³/mol. The first-order valence-electron chi connectivity index (χ1n) is 10.2. The van der Waals surface area contributed by atoms with Gasteiger partial charge in [-0.15, -0.1) is 0 Å². The summed E-state index contributed by atoms with van der Waals surface area (Å²) in [6.45, 7) is 4.42. The Balaban J connectivity index is 1.60. The van der Waals surface area contributed by atoms with Gasteiger partial charge in [0, 0.05) is 30.9 Å². The molecule has 1 aromatic carbocycles. The van der Waals surface area contributed by atoms with E-state index in [1.54, 1.807) is 12.1 Å². The fraction of sp³-hybridized carbons (Fsp3) is 0.333. The van der Waals surface area contributed by atoms with E-state index >= 15 is 0 Å². The molecule has 4 nitrogen and oxygen atoms in total. The summed E-state index contributed by atoms with van der Waals surface area (Å²) in [6.07, 6.45) is 10.2. The van der Waals surface area contributed by atoms with E-state index in [0.29, 0.717) is 5.92 Å². The highest BCUT2D eigenvalue weighted by molar-refractivity contribution is 5.62. The molecule has 29 heavy (non-hydrogen) atoms. The standard InChI is InChI=1S/C24H25FN4/c1-17(18-4-3-10-26-14-18)24-13-19-15-27-29(22-7-5-21(25)6-8-22)23(19)12-20(24)9-11-28(2)16-24/h3-8,10,12,14-15,17H,9,11,13,16H2,1-2H3. The van der Waals surface area contributed by atoms with E-state index in [1.807, 2.05) is 29.3 Å². The molecule has 0 N–H and O–H groups in total. The normalized spacial score (nSPS) is 22.5. The van der Waals surface area contributed by atoms with Gasteiger partial charge in [-0.3, -0.25) is 4.98 Å². The number of aromatic nitrogens is 3. The Morgan fingerprint density at radius 2 is 1.97 bits per heavy atom. The maximum Gasteiger partial charge on any atom is 0.123 e. The van der Waals surface area contributed by atoms with Crippen LogP contribution in [0.25, 0.3) is 11.8 Å². The van der Waals surface area contributed by atoms with Crippen LogP contribution in [0.15, 0.2) is 60.6 Å². The third-order valence-electron chi connectivity index (χ3n) is 6.74. The van der Waals surface area contributed by atoms with Crippen LogP contribution in [0.5, 0.6) is 0 Å². The molecule has 2 aliphatic rings. The molecule has 0 spiro atoms. The Hall–Kier alpha value is -2.79. The van der Waals surface area contributed by atoms with Crippen molar-refractivity contribution in [1.29, 1.82) is 0 Å². The van der Waals surface area contributed by atoms with Crippen molar-refractivity contribution in [2.45, 2.75) is 25.7 Å². The number of halogens is 1. The lowest BCUT2D eigenvalue weighted by Crippen LogP contribution is -2.48. The summed E-state index contributed by atoms with van der Waals surface area (Å²) in [5.41, 5.74) is 6.09. The van der Waals surface area contributed by atoms with Crippen molar-refractivity contribution in [2.75, 3.05) is 20.1 Å². The van der Waals surface area contributed by atoms with E-state index in [4.69, 9.17) is 0 Å². The number of nitrogens with zero attached hydrogens (tertiary/aromatic N) is 4. The van der Waals surface area contributed by atoms with Gasteiger partial charge in [0.25, 0.3) is 0 Å². The van der Waals surface area contributed by atoms with Crippen LogP contribution in [-0.2, 0) is 6.42 Å². The highest BCUT2D eigenvalue weighted by atomic mass is 19.1. The molecule has 1 fully saturated rings. The van der Waals surface area contributed by atoms with E-state index in [-0.39, 0.29) is 11.2 Å². The van der Waals surface area contributed by atoms with E-state index in [0.717, 1.165) is 37.3 Å². The molecule has 1 aliphatic heterocycles. The molecule has 3 aromatic rings. The lowest BCUT2D eigenvalue weighted by molar-refractivity contribution is 0.141. The van der Waals surface area contributed by atoms with Crippen LogP contribution in [-0.4, -0.2) is 39.8 Å². The van der Waals surface area contributed by atoms with Crippen LogP contribution in [0.4, 0.5) is 4.39 Å². The number of pyridine rings is 1. The molecule has 5 rings (SSSR count). The molecule has 0 amide bonds. The number of benzene rings is 1. The molecule has 0 radical (unpaired) electrons. The lowest BCUT2D eigenvalue weighted by atomic mass is 9.60. The number of piperidine rings is 1. The number of likely N-dealkylation sites (tertiary alicyclic amines) is 1. The van der Waals surface area contributed by atoms with Crippen LogP contribution < -0.4 is 0 Å². The Morgan fingerprint density at radius 1 is 1.14 bits per heavy atom. The lowest BCUT2D eigenvalue weighted by Gasteiger charge is -2.49. The number of rotatable bonds is 3. The van der Waals surface area contributed by atoms with Gasteiger partial charge in [-0.1, -0.05) is 18.6 Å². The van der Waals surface area contributed by atoms with Gasteiger partial charge in [0.05, 0.1) is 17.6 Å². The highest BCUT2D eigenvalue weighted by Gasteiger charge is 2.46. The van der Waals surface area contributed by atoms with E-state index < -0.39 is 0 Å². The van der Waals surface area contributed by atoms with Gasteiger partial charge >= 0.3 is 0 Å². The molecule has 2 unspecified atom stereocenters. The topological polar surface area (TPSA) is 34.0 Å². The van der Waals surface area contributed by atoms with Crippen LogP contribution in [0, 0.1) is 11.2 Å². The summed E-state index contributed by atoms with van der Waals surface area (Å²) in [5.74, 6) is 0.125. The Kier molecular flexibility index (Phi) is 4.36. The van der Waals surface area contributed by atoms with Crippen LogP contribution in [0.3, 0.4) is 0 Å². The van der Waals surface area contributed by atoms with Crippen molar-refractivity contribution < 1.29 is 4.39 Å². The molecule has 3 heterocycles. The number of fused-ring (bicyclic) bond motifs is 2. The zero-order chi connectivity index (χ0) is 20.0.